The quantitative estimate of drug-likeness (QED) is 0.927. The number of fused-ring (bicyclic) bond motifs is 1. The zero-order valence-corrected chi connectivity index (χ0v) is 11.3. The molecule has 3 rings (SSSR count). The van der Waals surface area contributed by atoms with Crippen molar-refractivity contribution in [1.82, 2.24) is 4.98 Å². The molecule has 0 aliphatic heterocycles. The van der Waals surface area contributed by atoms with E-state index in [4.69, 9.17) is 9.47 Å². The van der Waals surface area contributed by atoms with Gasteiger partial charge in [0.25, 0.3) is 0 Å². The minimum absolute atomic E-state index is 0.215. The molecule has 0 saturated heterocycles. The second kappa shape index (κ2) is 4.67. The highest BCUT2D eigenvalue weighted by atomic mass is 16.5. The second-order valence-electron chi connectivity index (χ2n) is 4.87. The molecule has 0 bridgehead atoms. The van der Waals surface area contributed by atoms with Crippen molar-refractivity contribution in [1.29, 1.82) is 0 Å². The molecule has 1 N–H and O–H groups in total. The lowest BCUT2D eigenvalue weighted by Crippen LogP contribution is -2.04. The Kier molecular flexibility index (Phi) is 2.97. The Morgan fingerprint density at radius 1 is 1.25 bits per heavy atom. The molecular formula is C15H15NO4. The summed E-state index contributed by atoms with van der Waals surface area (Å²) in [7, 11) is 3.06. The van der Waals surface area contributed by atoms with E-state index < -0.39 is 5.97 Å². The van der Waals surface area contributed by atoms with E-state index >= 15 is 0 Å². The summed E-state index contributed by atoms with van der Waals surface area (Å²) < 4.78 is 10.6. The molecule has 1 aliphatic carbocycles. The maximum absolute atomic E-state index is 11.6. The van der Waals surface area contributed by atoms with Gasteiger partial charge in [0, 0.05) is 11.6 Å². The largest absolute Gasteiger partial charge is 0.496 e. The lowest BCUT2D eigenvalue weighted by molar-refractivity contribution is 0.0698. The number of methoxy groups -OCH3 is 2. The van der Waals surface area contributed by atoms with Crippen LogP contribution in [0.15, 0.2) is 18.2 Å². The fourth-order valence-electron chi connectivity index (χ4n) is 2.40. The standard InChI is InChI=1S/C15H15NO4/c1-19-11-5-6-12(20-2)14-13(11)9(15(17)18)7-10(16-14)8-3-4-8/h5-8H,3-4H2,1-2H3,(H,17,18). The molecule has 0 unspecified atom stereocenters. The zero-order chi connectivity index (χ0) is 14.3. The van der Waals surface area contributed by atoms with Crippen molar-refractivity contribution < 1.29 is 19.4 Å². The van der Waals surface area contributed by atoms with Crippen LogP contribution >= 0.6 is 0 Å². The van der Waals surface area contributed by atoms with Gasteiger partial charge in [-0.1, -0.05) is 0 Å². The number of nitrogens with zero attached hydrogens (tertiary/aromatic N) is 1. The SMILES string of the molecule is COc1ccc(OC)c2c(C(=O)O)cc(C3CC3)nc12. The van der Waals surface area contributed by atoms with Gasteiger partial charge in [-0.3, -0.25) is 0 Å². The summed E-state index contributed by atoms with van der Waals surface area (Å²) in [5.41, 5.74) is 1.59. The van der Waals surface area contributed by atoms with E-state index in [0.29, 0.717) is 28.3 Å². The molecule has 1 aromatic heterocycles. The summed E-state index contributed by atoms with van der Waals surface area (Å²) in [4.78, 5) is 16.1. The van der Waals surface area contributed by atoms with E-state index in [9.17, 15) is 9.90 Å². The number of benzene rings is 1. The maximum atomic E-state index is 11.6. The fraction of sp³-hybridized carbons (Fsp3) is 0.333. The van der Waals surface area contributed by atoms with Gasteiger partial charge in [-0.2, -0.15) is 0 Å². The zero-order valence-electron chi connectivity index (χ0n) is 11.3. The predicted molar refractivity (Wildman–Crippen MR) is 73.8 cm³/mol. The lowest BCUT2D eigenvalue weighted by Gasteiger charge is -2.13. The van der Waals surface area contributed by atoms with Crippen molar-refractivity contribution in [2.45, 2.75) is 18.8 Å². The number of rotatable bonds is 4. The Labute approximate surface area is 116 Å². The van der Waals surface area contributed by atoms with Gasteiger partial charge in [0.1, 0.15) is 17.0 Å². The van der Waals surface area contributed by atoms with Crippen LogP contribution in [0.25, 0.3) is 10.9 Å². The van der Waals surface area contributed by atoms with E-state index in [-0.39, 0.29) is 5.56 Å². The van der Waals surface area contributed by atoms with Crippen LogP contribution in [0.4, 0.5) is 0 Å². The van der Waals surface area contributed by atoms with Crippen LogP contribution in [0, 0.1) is 0 Å². The van der Waals surface area contributed by atoms with Gasteiger partial charge < -0.3 is 14.6 Å². The monoisotopic (exact) mass is 273 g/mol. The first-order valence-corrected chi connectivity index (χ1v) is 6.44. The number of aromatic carboxylic acids is 1. The van der Waals surface area contributed by atoms with Crippen LogP contribution in [0.2, 0.25) is 0 Å². The molecule has 1 saturated carbocycles. The van der Waals surface area contributed by atoms with Gasteiger partial charge in [-0.05, 0) is 31.0 Å². The first kappa shape index (κ1) is 12.7. The number of carboxylic acids is 1. The van der Waals surface area contributed by atoms with Gasteiger partial charge in [0.15, 0.2) is 0 Å². The summed E-state index contributed by atoms with van der Waals surface area (Å²) in [6.07, 6.45) is 2.12. The molecule has 104 valence electrons. The smallest absolute Gasteiger partial charge is 0.336 e. The first-order valence-electron chi connectivity index (χ1n) is 6.44. The molecule has 0 amide bonds. The van der Waals surface area contributed by atoms with E-state index in [1.807, 2.05) is 0 Å². The number of hydrogen-bond acceptors (Lipinski definition) is 4. The van der Waals surface area contributed by atoms with Crippen molar-refractivity contribution in [2.75, 3.05) is 14.2 Å². The highest BCUT2D eigenvalue weighted by Crippen LogP contribution is 2.42. The second-order valence-corrected chi connectivity index (χ2v) is 4.87. The molecular weight excluding hydrogens is 258 g/mol. The molecule has 20 heavy (non-hydrogen) atoms. The van der Waals surface area contributed by atoms with Gasteiger partial charge >= 0.3 is 5.97 Å². The number of carbonyl (C=O) groups is 1. The van der Waals surface area contributed by atoms with Crippen LogP contribution in [0.1, 0.15) is 34.8 Å². The molecule has 1 aromatic carbocycles. The molecule has 1 aliphatic rings. The van der Waals surface area contributed by atoms with Gasteiger partial charge in [0.2, 0.25) is 0 Å². The number of carboxylic acid groups (broad SMARTS) is 1. The van der Waals surface area contributed by atoms with Crippen molar-refractivity contribution in [2.24, 2.45) is 0 Å². The van der Waals surface area contributed by atoms with Gasteiger partial charge in [0.05, 0.1) is 25.2 Å². The number of pyridine rings is 1. The number of aromatic nitrogens is 1. The number of hydrogen-bond donors (Lipinski definition) is 1. The average Bonchev–Trinajstić information content (AvgIpc) is 3.29. The highest BCUT2D eigenvalue weighted by molar-refractivity contribution is 6.07. The minimum atomic E-state index is -0.981. The van der Waals surface area contributed by atoms with E-state index in [2.05, 4.69) is 4.98 Å². The highest BCUT2D eigenvalue weighted by Gasteiger charge is 2.28. The molecule has 5 nitrogen and oxygen atoms in total. The van der Waals surface area contributed by atoms with Gasteiger partial charge in [-0.15, -0.1) is 0 Å². The molecule has 2 aromatic rings. The van der Waals surface area contributed by atoms with Crippen molar-refractivity contribution in [3.8, 4) is 11.5 Å². The molecule has 5 heteroatoms. The lowest BCUT2D eigenvalue weighted by atomic mass is 10.0. The summed E-state index contributed by atoms with van der Waals surface area (Å²) in [5, 5.41) is 9.96. The third-order valence-corrected chi connectivity index (χ3v) is 3.57. The Morgan fingerprint density at radius 3 is 2.45 bits per heavy atom. The molecule has 0 radical (unpaired) electrons. The average molecular weight is 273 g/mol. The van der Waals surface area contributed by atoms with E-state index in [0.717, 1.165) is 18.5 Å². The Morgan fingerprint density at radius 2 is 1.90 bits per heavy atom. The topological polar surface area (TPSA) is 68.7 Å². The van der Waals surface area contributed by atoms with Crippen LogP contribution in [-0.4, -0.2) is 30.3 Å². The van der Waals surface area contributed by atoms with Crippen molar-refractivity contribution >= 4 is 16.9 Å². The Hall–Kier alpha value is -2.30. The molecule has 1 fully saturated rings. The third kappa shape index (κ3) is 1.95. The minimum Gasteiger partial charge on any atom is -0.496 e. The maximum Gasteiger partial charge on any atom is 0.336 e. The van der Waals surface area contributed by atoms with Gasteiger partial charge in [-0.25, -0.2) is 9.78 Å². The summed E-state index contributed by atoms with van der Waals surface area (Å²) >= 11 is 0. The van der Waals surface area contributed by atoms with Crippen molar-refractivity contribution in [3.63, 3.8) is 0 Å². The number of ether oxygens (including phenoxy) is 2. The summed E-state index contributed by atoms with van der Waals surface area (Å²) in [5.74, 6) is 0.443. The van der Waals surface area contributed by atoms with Crippen LogP contribution in [-0.2, 0) is 0 Å². The van der Waals surface area contributed by atoms with Crippen LogP contribution in [0.3, 0.4) is 0 Å². The Bertz CT molecular complexity index is 692. The van der Waals surface area contributed by atoms with E-state index in [1.165, 1.54) is 7.11 Å². The normalized spacial score (nSPS) is 14.3. The van der Waals surface area contributed by atoms with Crippen LogP contribution < -0.4 is 9.47 Å². The third-order valence-electron chi connectivity index (χ3n) is 3.57. The first-order chi connectivity index (χ1) is 9.65. The molecule has 0 atom stereocenters. The van der Waals surface area contributed by atoms with Crippen LogP contribution in [0.5, 0.6) is 11.5 Å². The van der Waals surface area contributed by atoms with E-state index in [1.54, 1.807) is 25.3 Å². The fourth-order valence-corrected chi connectivity index (χ4v) is 2.40. The van der Waals surface area contributed by atoms with Crippen molar-refractivity contribution in [3.05, 3.63) is 29.5 Å². The molecule has 1 heterocycles. The summed E-state index contributed by atoms with van der Waals surface area (Å²) in [6.45, 7) is 0. The Balaban J connectivity index is 2.38. The predicted octanol–water partition coefficient (Wildman–Crippen LogP) is 2.83. The summed E-state index contributed by atoms with van der Waals surface area (Å²) in [6, 6.07) is 5.10. The molecule has 0 spiro atoms.